The third-order valence-corrected chi connectivity index (χ3v) is 7.88. The molecule has 0 unspecified atom stereocenters. The number of carbonyl (C=O) groups is 2. The van der Waals surface area contributed by atoms with E-state index in [1.54, 1.807) is 6.07 Å². The Bertz CT molecular complexity index is 1700. The highest BCUT2D eigenvalue weighted by Gasteiger charge is 2.31. The lowest BCUT2D eigenvalue weighted by atomic mass is 10.1. The van der Waals surface area contributed by atoms with Gasteiger partial charge in [-0.05, 0) is 60.0 Å². The van der Waals surface area contributed by atoms with Gasteiger partial charge in [0.25, 0.3) is 10.0 Å². The number of carbonyl (C=O) groups excluding carboxylic acids is 2. The molecular weight excluding hydrogens is 573 g/mol. The molecule has 10 nitrogen and oxygen atoms in total. The van der Waals surface area contributed by atoms with E-state index in [2.05, 4.69) is 14.9 Å². The standard InChI is InChI=1S/C25H20ClF3N6O4S.H2/c26-21-7-8-22(31-30-21)32-40(38,39)19-5-3-18(4-6-19)35-12-11-34(15-24(35)37)23(36)14-33-10-9-16-1-2-17(13-20(16)33)25(27,28)29;/h1-10,13H,11-12,14-15H2,(H,31,32);1H. The number of fused-ring (bicyclic) bond motifs is 1. The van der Waals surface area contributed by atoms with Crippen molar-refractivity contribution in [3.63, 3.8) is 0 Å². The number of aromatic nitrogens is 3. The van der Waals surface area contributed by atoms with Crippen LogP contribution in [0.2, 0.25) is 5.15 Å². The van der Waals surface area contributed by atoms with Crippen molar-refractivity contribution in [3.8, 4) is 0 Å². The minimum absolute atomic E-state index is 0. The topological polar surface area (TPSA) is 118 Å². The van der Waals surface area contributed by atoms with E-state index >= 15 is 0 Å². The first kappa shape index (κ1) is 27.4. The van der Waals surface area contributed by atoms with Crippen molar-refractivity contribution in [2.24, 2.45) is 0 Å². The summed E-state index contributed by atoms with van der Waals surface area (Å²) in [5.74, 6) is -0.819. The Labute approximate surface area is 232 Å². The van der Waals surface area contributed by atoms with Gasteiger partial charge in [0, 0.05) is 31.9 Å². The van der Waals surface area contributed by atoms with E-state index in [4.69, 9.17) is 11.6 Å². The van der Waals surface area contributed by atoms with E-state index in [0.29, 0.717) is 11.1 Å². The first-order valence-corrected chi connectivity index (χ1v) is 13.6. The molecule has 210 valence electrons. The van der Waals surface area contributed by atoms with Gasteiger partial charge in [-0.1, -0.05) is 17.7 Å². The Hall–Kier alpha value is -4.17. The molecule has 0 saturated carbocycles. The van der Waals surface area contributed by atoms with Gasteiger partial charge in [-0.25, -0.2) is 8.42 Å². The van der Waals surface area contributed by atoms with Crippen molar-refractivity contribution in [3.05, 3.63) is 77.6 Å². The van der Waals surface area contributed by atoms with Crippen LogP contribution in [0.5, 0.6) is 0 Å². The molecule has 1 saturated heterocycles. The molecule has 1 fully saturated rings. The maximum absolute atomic E-state index is 13.1. The Kier molecular flexibility index (Phi) is 7.14. The summed E-state index contributed by atoms with van der Waals surface area (Å²) >= 11 is 5.66. The third kappa shape index (κ3) is 5.72. The molecule has 0 bridgehead atoms. The molecule has 3 heterocycles. The second kappa shape index (κ2) is 10.4. The lowest BCUT2D eigenvalue weighted by molar-refractivity contribution is -0.137. The molecule has 0 radical (unpaired) electrons. The largest absolute Gasteiger partial charge is 0.416 e. The molecule has 0 aliphatic carbocycles. The fourth-order valence-electron chi connectivity index (χ4n) is 4.28. The van der Waals surface area contributed by atoms with Gasteiger partial charge in [-0.2, -0.15) is 13.2 Å². The van der Waals surface area contributed by atoms with E-state index in [1.807, 2.05) is 0 Å². The molecule has 5 rings (SSSR count). The first-order chi connectivity index (χ1) is 18.9. The summed E-state index contributed by atoms with van der Waals surface area (Å²) in [4.78, 5) is 28.5. The third-order valence-electron chi connectivity index (χ3n) is 6.31. The zero-order valence-corrected chi connectivity index (χ0v) is 22.0. The first-order valence-electron chi connectivity index (χ1n) is 11.8. The van der Waals surface area contributed by atoms with Crippen LogP contribution in [0.4, 0.5) is 24.7 Å². The minimum atomic E-state index is -4.51. The smallest absolute Gasteiger partial charge is 0.338 e. The number of hydrogen-bond donors (Lipinski definition) is 1. The predicted molar refractivity (Wildman–Crippen MR) is 142 cm³/mol. The predicted octanol–water partition coefficient (Wildman–Crippen LogP) is 4.03. The number of nitrogens with zero attached hydrogens (tertiary/aromatic N) is 5. The second-order valence-electron chi connectivity index (χ2n) is 8.92. The maximum atomic E-state index is 13.1. The van der Waals surface area contributed by atoms with Crippen LogP contribution in [0.1, 0.15) is 6.99 Å². The molecular formula is C25H22ClF3N6O4S. The number of anilines is 2. The molecule has 2 aromatic carbocycles. The zero-order valence-electron chi connectivity index (χ0n) is 20.5. The second-order valence-corrected chi connectivity index (χ2v) is 11.0. The van der Waals surface area contributed by atoms with Gasteiger partial charge in [0.1, 0.15) is 13.1 Å². The summed E-state index contributed by atoms with van der Waals surface area (Å²) in [6, 6.07) is 13.3. The van der Waals surface area contributed by atoms with Crippen LogP contribution in [0, 0.1) is 0 Å². The zero-order chi connectivity index (χ0) is 28.7. The number of hydrogen-bond acceptors (Lipinski definition) is 6. The van der Waals surface area contributed by atoms with E-state index in [-0.39, 0.29) is 54.9 Å². The fraction of sp³-hybridized carbons (Fsp3) is 0.200. The Morgan fingerprint density at radius 3 is 2.42 bits per heavy atom. The van der Waals surface area contributed by atoms with E-state index in [0.717, 1.165) is 12.1 Å². The van der Waals surface area contributed by atoms with Crippen LogP contribution in [0.3, 0.4) is 0 Å². The van der Waals surface area contributed by atoms with Gasteiger partial charge in [-0.15, -0.1) is 10.2 Å². The molecule has 0 spiro atoms. The normalized spacial score (nSPS) is 14.6. The minimum Gasteiger partial charge on any atom is -0.338 e. The summed E-state index contributed by atoms with van der Waals surface area (Å²) in [5.41, 5.74) is -0.108. The van der Waals surface area contributed by atoms with E-state index in [1.165, 1.54) is 63.0 Å². The van der Waals surface area contributed by atoms with Crippen molar-refractivity contribution >= 4 is 55.8 Å². The Balaban J connectivity index is 0.00000387. The Morgan fingerprint density at radius 1 is 1.02 bits per heavy atom. The molecule has 2 amide bonds. The van der Waals surface area contributed by atoms with Crippen LogP contribution in [-0.2, 0) is 32.3 Å². The van der Waals surface area contributed by atoms with E-state index in [9.17, 15) is 31.2 Å². The van der Waals surface area contributed by atoms with Crippen LogP contribution in [0.25, 0.3) is 10.9 Å². The van der Waals surface area contributed by atoms with Gasteiger partial charge in [0.05, 0.1) is 10.5 Å². The van der Waals surface area contributed by atoms with Gasteiger partial charge in [0.15, 0.2) is 11.0 Å². The van der Waals surface area contributed by atoms with Crippen LogP contribution >= 0.6 is 11.6 Å². The lowest BCUT2D eigenvalue weighted by Crippen LogP contribution is -2.53. The maximum Gasteiger partial charge on any atom is 0.416 e. The fourth-order valence-corrected chi connectivity index (χ4v) is 5.37. The number of amides is 2. The van der Waals surface area contributed by atoms with Gasteiger partial charge in [-0.3, -0.25) is 14.3 Å². The highest BCUT2D eigenvalue weighted by molar-refractivity contribution is 7.92. The van der Waals surface area contributed by atoms with E-state index < -0.39 is 27.7 Å². The SMILES string of the molecule is O=C(Cn1ccc2ccc(C(F)(F)F)cc21)N1CCN(c2ccc(S(=O)(=O)Nc3ccc(Cl)nn3)cc2)C(=O)C1.[HH]. The quantitative estimate of drug-likeness (QED) is 0.360. The van der Waals surface area contributed by atoms with Crippen molar-refractivity contribution in [2.75, 3.05) is 29.3 Å². The molecule has 15 heteroatoms. The van der Waals surface area contributed by atoms with Crippen LogP contribution in [-0.4, -0.2) is 59.5 Å². The Morgan fingerprint density at radius 2 is 1.77 bits per heavy atom. The van der Waals surface area contributed by atoms with Gasteiger partial charge in [0.2, 0.25) is 11.8 Å². The lowest BCUT2D eigenvalue weighted by Gasteiger charge is -2.34. The summed E-state index contributed by atoms with van der Waals surface area (Å²) in [5, 5.41) is 7.90. The van der Waals surface area contributed by atoms with Crippen molar-refractivity contribution in [1.82, 2.24) is 19.7 Å². The number of halogens is 4. The van der Waals surface area contributed by atoms with Crippen molar-refractivity contribution in [2.45, 2.75) is 17.6 Å². The number of sulfonamides is 1. The summed E-state index contributed by atoms with van der Waals surface area (Å²) in [6.07, 6.45) is -2.98. The van der Waals surface area contributed by atoms with Crippen LogP contribution in [0.15, 0.2) is 71.8 Å². The molecule has 4 aromatic rings. The summed E-state index contributed by atoms with van der Waals surface area (Å²) < 4.78 is 68.4. The average Bonchev–Trinajstić information content (AvgIpc) is 3.31. The molecule has 0 atom stereocenters. The summed E-state index contributed by atoms with van der Waals surface area (Å²) in [6.45, 7) is -0.118. The highest BCUT2D eigenvalue weighted by Crippen LogP contribution is 2.32. The van der Waals surface area contributed by atoms with Crippen molar-refractivity contribution in [1.29, 1.82) is 0 Å². The molecule has 40 heavy (non-hydrogen) atoms. The number of nitrogens with one attached hydrogen (secondary N) is 1. The monoisotopic (exact) mass is 594 g/mol. The van der Waals surface area contributed by atoms with Crippen LogP contribution < -0.4 is 9.62 Å². The number of benzene rings is 2. The number of alkyl halides is 3. The molecule has 1 aliphatic heterocycles. The summed E-state index contributed by atoms with van der Waals surface area (Å²) in [7, 11) is -3.98. The van der Waals surface area contributed by atoms with Gasteiger partial charge >= 0.3 is 6.18 Å². The highest BCUT2D eigenvalue weighted by atomic mass is 35.5. The van der Waals surface area contributed by atoms with Crippen molar-refractivity contribution < 1.29 is 32.6 Å². The number of piperazine rings is 1. The van der Waals surface area contributed by atoms with Gasteiger partial charge < -0.3 is 14.4 Å². The number of rotatable bonds is 6. The molecule has 1 N–H and O–H groups in total. The average molecular weight is 595 g/mol. The molecule has 1 aliphatic rings. The molecule has 2 aromatic heterocycles.